The zero-order chi connectivity index (χ0) is 13.9. The Balaban J connectivity index is 1.86. The first-order valence-electron chi connectivity index (χ1n) is 7.23. The highest BCUT2D eigenvalue weighted by Crippen LogP contribution is 2.34. The minimum atomic E-state index is 0.573. The van der Waals surface area contributed by atoms with Crippen LogP contribution >= 0.6 is 15.9 Å². The number of imidazole rings is 1. The Kier molecular flexibility index (Phi) is 4.22. The molecule has 2 aromatic rings. The Bertz CT molecular complexity index is 571. The maximum atomic E-state index is 4.38. The molecule has 3 rings (SSSR count). The van der Waals surface area contributed by atoms with Gasteiger partial charge in [-0.3, -0.25) is 0 Å². The van der Waals surface area contributed by atoms with E-state index in [0.717, 1.165) is 4.47 Å². The molecule has 20 heavy (non-hydrogen) atoms. The Hall–Kier alpha value is -1.13. The van der Waals surface area contributed by atoms with Crippen LogP contribution in [0.15, 0.2) is 41.3 Å². The molecule has 1 aliphatic rings. The molecule has 0 saturated heterocycles. The van der Waals surface area contributed by atoms with Gasteiger partial charge >= 0.3 is 0 Å². The lowest BCUT2D eigenvalue weighted by molar-refractivity contribution is 0.302. The smallest absolute Gasteiger partial charge is 0.0953 e. The van der Waals surface area contributed by atoms with Crippen molar-refractivity contribution in [3.63, 3.8) is 0 Å². The first kappa shape index (κ1) is 13.8. The van der Waals surface area contributed by atoms with Crippen molar-refractivity contribution in [1.82, 2.24) is 14.9 Å². The van der Waals surface area contributed by atoms with Crippen molar-refractivity contribution in [2.45, 2.75) is 37.8 Å². The van der Waals surface area contributed by atoms with Gasteiger partial charge in [-0.05, 0) is 38.8 Å². The molecule has 0 radical (unpaired) electrons. The second kappa shape index (κ2) is 6.10. The summed E-state index contributed by atoms with van der Waals surface area (Å²) in [5, 5.41) is 3.39. The Morgan fingerprint density at radius 1 is 1.20 bits per heavy atom. The number of hydrogen-bond donors (Lipinski definition) is 1. The van der Waals surface area contributed by atoms with Crippen molar-refractivity contribution in [2.75, 3.05) is 7.05 Å². The predicted molar refractivity (Wildman–Crippen MR) is 85.7 cm³/mol. The molecule has 1 N–H and O–H groups in total. The van der Waals surface area contributed by atoms with Crippen LogP contribution in [0.1, 0.15) is 31.7 Å². The van der Waals surface area contributed by atoms with Crippen molar-refractivity contribution < 1.29 is 0 Å². The molecule has 0 amide bonds. The molecule has 0 unspecified atom stereocenters. The molecule has 0 atom stereocenters. The van der Waals surface area contributed by atoms with Gasteiger partial charge in [0.05, 0.1) is 18.2 Å². The van der Waals surface area contributed by atoms with Gasteiger partial charge in [0.25, 0.3) is 0 Å². The second-order valence-corrected chi connectivity index (χ2v) is 6.31. The third-order valence-electron chi connectivity index (χ3n) is 4.31. The summed E-state index contributed by atoms with van der Waals surface area (Å²) in [6.45, 7) is 0. The third kappa shape index (κ3) is 2.67. The van der Waals surface area contributed by atoms with E-state index in [0.29, 0.717) is 12.1 Å². The molecule has 1 fully saturated rings. The largest absolute Gasteiger partial charge is 0.327 e. The van der Waals surface area contributed by atoms with E-state index in [4.69, 9.17) is 0 Å². The molecule has 1 saturated carbocycles. The van der Waals surface area contributed by atoms with Crippen molar-refractivity contribution >= 4 is 15.9 Å². The van der Waals surface area contributed by atoms with Crippen molar-refractivity contribution in [2.24, 2.45) is 0 Å². The number of hydrogen-bond acceptors (Lipinski definition) is 2. The second-order valence-electron chi connectivity index (χ2n) is 5.46. The van der Waals surface area contributed by atoms with Gasteiger partial charge in [0.15, 0.2) is 0 Å². The fourth-order valence-electron chi connectivity index (χ4n) is 3.12. The van der Waals surface area contributed by atoms with Gasteiger partial charge in [-0.15, -0.1) is 0 Å². The lowest BCUT2D eigenvalue weighted by atomic mass is 9.91. The number of nitrogens with one attached hydrogen (secondary N) is 1. The number of benzene rings is 1. The monoisotopic (exact) mass is 333 g/mol. The van der Waals surface area contributed by atoms with Gasteiger partial charge in [-0.1, -0.05) is 34.1 Å². The average molecular weight is 334 g/mol. The number of nitrogens with zero attached hydrogens (tertiary/aromatic N) is 2. The van der Waals surface area contributed by atoms with E-state index in [-0.39, 0.29) is 0 Å². The van der Waals surface area contributed by atoms with Crippen LogP contribution in [-0.4, -0.2) is 22.6 Å². The molecule has 106 valence electrons. The molecular formula is C16H20BrN3. The number of halogens is 1. The normalized spacial score (nSPS) is 22.9. The highest BCUT2D eigenvalue weighted by atomic mass is 79.9. The maximum absolute atomic E-state index is 4.38. The molecule has 1 aromatic carbocycles. The van der Waals surface area contributed by atoms with Gasteiger partial charge in [0, 0.05) is 22.1 Å². The highest BCUT2D eigenvalue weighted by Gasteiger charge is 2.23. The fourth-order valence-corrected chi connectivity index (χ4v) is 3.60. The minimum Gasteiger partial charge on any atom is -0.327 e. The van der Waals surface area contributed by atoms with Gasteiger partial charge in [-0.2, -0.15) is 0 Å². The maximum Gasteiger partial charge on any atom is 0.0953 e. The van der Waals surface area contributed by atoms with E-state index in [1.165, 1.54) is 36.9 Å². The number of rotatable bonds is 3. The van der Waals surface area contributed by atoms with Crippen molar-refractivity contribution in [3.05, 3.63) is 41.3 Å². The molecule has 0 aliphatic heterocycles. The summed E-state index contributed by atoms with van der Waals surface area (Å²) in [4.78, 5) is 4.38. The molecule has 0 spiro atoms. The van der Waals surface area contributed by atoms with E-state index in [2.05, 4.69) is 56.0 Å². The zero-order valence-corrected chi connectivity index (χ0v) is 13.3. The standard InChI is InChI=1S/C16H20BrN3/c1-18-12-6-8-13(9-7-12)20-11-19-10-16(20)14-4-2-3-5-15(14)17/h2-5,10-13,18H,6-9H2,1H3. The topological polar surface area (TPSA) is 29.9 Å². The third-order valence-corrected chi connectivity index (χ3v) is 5.01. The van der Waals surface area contributed by atoms with Gasteiger partial charge < -0.3 is 9.88 Å². The summed E-state index contributed by atoms with van der Waals surface area (Å²) in [7, 11) is 2.06. The van der Waals surface area contributed by atoms with Crippen LogP contribution in [0, 0.1) is 0 Å². The fraction of sp³-hybridized carbons (Fsp3) is 0.438. The van der Waals surface area contributed by atoms with Crippen molar-refractivity contribution in [1.29, 1.82) is 0 Å². The van der Waals surface area contributed by atoms with Crippen LogP contribution in [0.2, 0.25) is 0 Å². The van der Waals surface area contributed by atoms with Crippen LogP contribution in [0.3, 0.4) is 0 Å². The summed E-state index contributed by atoms with van der Waals surface area (Å²) >= 11 is 3.65. The lowest BCUT2D eigenvalue weighted by Crippen LogP contribution is -2.31. The Morgan fingerprint density at radius 3 is 2.65 bits per heavy atom. The van der Waals surface area contributed by atoms with Gasteiger partial charge in [0.1, 0.15) is 0 Å². The van der Waals surface area contributed by atoms with E-state index in [1.54, 1.807) is 0 Å². The molecule has 1 heterocycles. The van der Waals surface area contributed by atoms with Crippen LogP contribution in [0.25, 0.3) is 11.3 Å². The van der Waals surface area contributed by atoms with Crippen LogP contribution in [0.5, 0.6) is 0 Å². The molecule has 4 heteroatoms. The summed E-state index contributed by atoms with van der Waals surface area (Å²) in [5.74, 6) is 0. The van der Waals surface area contributed by atoms with Crippen LogP contribution in [-0.2, 0) is 0 Å². The summed E-state index contributed by atoms with van der Waals surface area (Å²) in [5.41, 5.74) is 2.44. The van der Waals surface area contributed by atoms with Crippen LogP contribution in [0.4, 0.5) is 0 Å². The zero-order valence-electron chi connectivity index (χ0n) is 11.7. The molecule has 0 bridgehead atoms. The van der Waals surface area contributed by atoms with Crippen LogP contribution < -0.4 is 5.32 Å². The van der Waals surface area contributed by atoms with E-state index >= 15 is 0 Å². The first-order valence-corrected chi connectivity index (χ1v) is 8.03. The minimum absolute atomic E-state index is 0.573. The molecule has 1 aromatic heterocycles. The lowest BCUT2D eigenvalue weighted by Gasteiger charge is -2.30. The van der Waals surface area contributed by atoms with E-state index < -0.39 is 0 Å². The van der Waals surface area contributed by atoms with Gasteiger partial charge in [0.2, 0.25) is 0 Å². The summed E-state index contributed by atoms with van der Waals surface area (Å²) < 4.78 is 3.48. The van der Waals surface area contributed by atoms with E-state index in [1.807, 2.05) is 18.6 Å². The molecular weight excluding hydrogens is 314 g/mol. The van der Waals surface area contributed by atoms with Gasteiger partial charge in [-0.25, -0.2) is 4.98 Å². The predicted octanol–water partition coefficient (Wildman–Crippen LogP) is 4.02. The molecule has 3 nitrogen and oxygen atoms in total. The van der Waals surface area contributed by atoms with Crippen molar-refractivity contribution in [3.8, 4) is 11.3 Å². The highest BCUT2D eigenvalue weighted by molar-refractivity contribution is 9.10. The van der Waals surface area contributed by atoms with E-state index in [9.17, 15) is 0 Å². The first-order chi connectivity index (χ1) is 9.79. The summed E-state index contributed by atoms with van der Waals surface area (Å²) in [6, 6.07) is 9.62. The summed E-state index contributed by atoms with van der Waals surface area (Å²) in [6.07, 6.45) is 8.89. The average Bonchev–Trinajstić information content (AvgIpc) is 2.97. The Morgan fingerprint density at radius 2 is 1.95 bits per heavy atom. The SMILES string of the molecule is CNC1CCC(n2cncc2-c2ccccc2Br)CC1. The Labute approximate surface area is 128 Å². The molecule has 1 aliphatic carbocycles. The quantitative estimate of drug-likeness (QED) is 0.919. The number of aromatic nitrogens is 2.